The van der Waals surface area contributed by atoms with Gasteiger partial charge in [0.2, 0.25) is 5.91 Å². The first kappa shape index (κ1) is 18.2. The van der Waals surface area contributed by atoms with Gasteiger partial charge in [0.1, 0.15) is 11.8 Å². The van der Waals surface area contributed by atoms with Crippen molar-refractivity contribution in [3.05, 3.63) is 54.1 Å². The van der Waals surface area contributed by atoms with E-state index in [1.165, 1.54) is 17.0 Å². The number of rotatable bonds is 4. The predicted octanol–water partition coefficient (Wildman–Crippen LogP) is 2.13. The van der Waals surface area contributed by atoms with Gasteiger partial charge in [-0.1, -0.05) is 12.1 Å². The molecule has 2 aromatic carbocycles. The zero-order chi connectivity index (χ0) is 19.4. The third-order valence-corrected chi connectivity index (χ3v) is 4.37. The van der Waals surface area contributed by atoms with Crippen LogP contribution >= 0.6 is 0 Å². The Balaban J connectivity index is 1.69. The molecule has 27 heavy (non-hydrogen) atoms. The quantitative estimate of drug-likeness (QED) is 0.660. The fourth-order valence-corrected chi connectivity index (χ4v) is 3.10. The molecule has 2 aromatic rings. The fraction of sp³-hybridized carbons (Fsp3) is 0.211. The van der Waals surface area contributed by atoms with E-state index < -0.39 is 12.1 Å². The Kier molecular flexibility index (Phi) is 5.25. The van der Waals surface area contributed by atoms with Crippen LogP contribution in [0.1, 0.15) is 23.2 Å². The Morgan fingerprint density at radius 2 is 1.63 bits per heavy atom. The minimum Gasteiger partial charge on any atom is -0.507 e. The second-order valence-corrected chi connectivity index (χ2v) is 6.23. The highest BCUT2D eigenvalue weighted by molar-refractivity contribution is 6.02. The van der Waals surface area contributed by atoms with Crippen LogP contribution in [-0.2, 0) is 4.79 Å². The van der Waals surface area contributed by atoms with Gasteiger partial charge in [-0.15, -0.1) is 0 Å². The molecule has 1 saturated heterocycles. The van der Waals surface area contributed by atoms with Crippen LogP contribution in [0.2, 0.25) is 0 Å². The molecule has 1 atom stereocenters. The topological polar surface area (TPSA) is 125 Å². The molecule has 1 aliphatic heterocycles. The Labute approximate surface area is 156 Å². The van der Waals surface area contributed by atoms with Crippen molar-refractivity contribution < 1.29 is 19.5 Å². The molecule has 1 unspecified atom stereocenters. The Morgan fingerprint density at radius 3 is 2.26 bits per heavy atom. The third-order valence-electron chi connectivity index (χ3n) is 4.37. The molecule has 1 fully saturated rings. The molecule has 0 saturated carbocycles. The van der Waals surface area contributed by atoms with Gasteiger partial charge >= 0.3 is 6.03 Å². The first-order valence-electron chi connectivity index (χ1n) is 8.52. The molecule has 5 N–H and O–H groups in total. The van der Waals surface area contributed by atoms with E-state index in [0.29, 0.717) is 30.8 Å². The number of primary amides is 1. The number of hydrogen-bond donors (Lipinski definition) is 4. The van der Waals surface area contributed by atoms with Crippen molar-refractivity contribution in [2.45, 2.75) is 18.9 Å². The van der Waals surface area contributed by atoms with Gasteiger partial charge in [-0.25, -0.2) is 4.79 Å². The number of hydrogen-bond acceptors (Lipinski definition) is 4. The lowest BCUT2D eigenvalue weighted by Gasteiger charge is -2.24. The second-order valence-electron chi connectivity index (χ2n) is 6.23. The number of benzene rings is 2. The van der Waals surface area contributed by atoms with E-state index >= 15 is 0 Å². The zero-order valence-electron chi connectivity index (χ0n) is 14.5. The number of aromatic hydroxyl groups is 1. The summed E-state index contributed by atoms with van der Waals surface area (Å²) in [6, 6.07) is 11.5. The van der Waals surface area contributed by atoms with Crippen LogP contribution in [0.4, 0.5) is 16.2 Å². The predicted molar refractivity (Wildman–Crippen MR) is 100 cm³/mol. The first-order chi connectivity index (χ1) is 13.0. The molecular weight excluding hydrogens is 348 g/mol. The highest BCUT2D eigenvalue weighted by atomic mass is 16.3. The summed E-state index contributed by atoms with van der Waals surface area (Å²) >= 11 is 0. The monoisotopic (exact) mass is 368 g/mol. The molecule has 0 aliphatic carbocycles. The number of nitrogens with two attached hydrogens (primary N) is 1. The van der Waals surface area contributed by atoms with Gasteiger partial charge in [-0.3, -0.25) is 9.59 Å². The number of anilines is 2. The van der Waals surface area contributed by atoms with Crippen LogP contribution in [0.5, 0.6) is 5.75 Å². The van der Waals surface area contributed by atoms with E-state index in [2.05, 4.69) is 10.6 Å². The Hall–Kier alpha value is -3.55. The smallest absolute Gasteiger partial charge is 0.316 e. The standard InChI is InChI=1S/C19H20N4O4/c20-19(27)22-13-9-7-12(8-10-13)21-17(25)15-5-3-11-23(15)18(26)14-4-1-2-6-16(14)24/h1-2,4,6-10,15,24H,3,5,11H2,(H,21,25)(H3,20,22,27). The van der Waals surface area contributed by atoms with Crippen molar-refractivity contribution >= 4 is 29.2 Å². The lowest BCUT2D eigenvalue weighted by Crippen LogP contribution is -2.43. The minimum absolute atomic E-state index is 0.105. The number of carbonyl (C=O) groups excluding carboxylic acids is 3. The number of likely N-dealkylation sites (tertiary alicyclic amines) is 1. The molecule has 0 aromatic heterocycles. The van der Waals surface area contributed by atoms with Crippen LogP contribution in [0.15, 0.2) is 48.5 Å². The van der Waals surface area contributed by atoms with Crippen LogP contribution in [0.3, 0.4) is 0 Å². The largest absolute Gasteiger partial charge is 0.507 e. The maximum absolute atomic E-state index is 12.7. The molecule has 8 heteroatoms. The molecule has 140 valence electrons. The number of amides is 4. The van der Waals surface area contributed by atoms with Gasteiger partial charge in [0.15, 0.2) is 0 Å². The number of phenolic OH excluding ortho intramolecular Hbond substituents is 1. The summed E-state index contributed by atoms with van der Waals surface area (Å²) in [7, 11) is 0. The molecule has 0 radical (unpaired) electrons. The van der Waals surface area contributed by atoms with Crippen molar-refractivity contribution in [1.29, 1.82) is 0 Å². The molecular formula is C19H20N4O4. The van der Waals surface area contributed by atoms with Gasteiger partial charge < -0.3 is 26.4 Å². The number of carbonyl (C=O) groups is 3. The van der Waals surface area contributed by atoms with Gasteiger partial charge in [0.25, 0.3) is 5.91 Å². The maximum Gasteiger partial charge on any atom is 0.316 e. The highest BCUT2D eigenvalue weighted by Crippen LogP contribution is 2.25. The summed E-state index contributed by atoms with van der Waals surface area (Å²) in [6.45, 7) is 0.451. The molecule has 1 heterocycles. The van der Waals surface area contributed by atoms with Crippen LogP contribution in [0.25, 0.3) is 0 Å². The van der Waals surface area contributed by atoms with Crippen molar-refractivity contribution in [1.82, 2.24) is 4.90 Å². The summed E-state index contributed by atoms with van der Waals surface area (Å²) in [6.07, 6.45) is 1.26. The Morgan fingerprint density at radius 1 is 1.00 bits per heavy atom. The molecule has 8 nitrogen and oxygen atoms in total. The average Bonchev–Trinajstić information content (AvgIpc) is 3.13. The Bertz CT molecular complexity index is 866. The number of para-hydroxylation sites is 1. The van der Waals surface area contributed by atoms with Gasteiger partial charge in [0, 0.05) is 17.9 Å². The van der Waals surface area contributed by atoms with E-state index in [0.717, 1.165) is 0 Å². The lowest BCUT2D eigenvalue weighted by molar-refractivity contribution is -0.119. The number of phenols is 1. The molecule has 0 spiro atoms. The van der Waals surface area contributed by atoms with Crippen molar-refractivity contribution in [2.24, 2.45) is 5.73 Å². The van der Waals surface area contributed by atoms with E-state index in [1.807, 2.05) is 0 Å². The van der Waals surface area contributed by atoms with E-state index in [9.17, 15) is 19.5 Å². The molecule has 1 aliphatic rings. The molecule has 3 rings (SSSR count). The average molecular weight is 368 g/mol. The second kappa shape index (κ2) is 7.77. The lowest BCUT2D eigenvalue weighted by atomic mass is 10.1. The van der Waals surface area contributed by atoms with Gasteiger partial charge in [0.05, 0.1) is 5.56 Å². The van der Waals surface area contributed by atoms with Crippen LogP contribution in [-0.4, -0.2) is 40.4 Å². The normalized spacial score (nSPS) is 16.0. The fourth-order valence-electron chi connectivity index (χ4n) is 3.10. The highest BCUT2D eigenvalue weighted by Gasteiger charge is 2.35. The summed E-state index contributed by atoms with van der Waals surface area (Å²) in [5.41, 5.74) is 6.28. The number of urea groups is 1. The number of nitrogens with zero attached hydrogens (tertiary/aromatic N) is 1. The zero-order valence-corrected chi connectivity index (χ0v) is 14.5. The van der Waals surface area contributed by atoms with E-state index in [1.54, 1.807) is 36.4 Å². The third kappa shape index (κ3) is 4.17. The van der Waals surface area contributed by atoms with Crippen LogP contribution in [0, 0.1) is 0 Å². The summed E-state index contributed by atoms with van der Waals surface area (Å²) in [5, 5.41) is 15.1. The van der Waals surface area contributed by atoms with Crippen molar-refractivity contribution in [2.75, 3.05) is 17.2 Å². The summed E-state index contributed by atoms with van der Waals surface area (Å²) < 4.78 is 0. The van der Waals surface area contributed by atoms with Crippen LogP contribution < -0.4 is 16.4 Å². The van der Waals surface area contributed by atoms with E-state index in [-0.39, 0.29) is 23.1 Å². The van der Waals surface area contributed by atoms with Crippen molar-refractivity contribution in [3.63, 3.8) is 0 Å². The van der Waals surface area contributed by atoms with Gasteiger partial charge in [-0.05, 0) is 49.2 Å². The van der Waals surface area contributed by atoms with Crippen molar-refractivity contribution in [3.8, 4) is 5.75 Å². The van der Waals surface area contributed by atoms with Gasteiger partial charge in [-0.2, -0.15) is 0 Å². The minimum atomic E-state index is -0.670. The maximum atomic E-state index is 12.7. The molecule has 4 amide bonds. The summed E-state index contributed by atoms with van der Waals surface area (Å²) in [5.74, 6) is -0.773. The van der Waals surface area contributed by atoms with E-state index in [4.69, 9.17) is 5.73 Å². The SMILES string of the molecule is NC(=O)Nc1ccc(NC(=O)C2CCCN2C(=O)c2ccccc2O)cc1. The number of nitrogens with one attached hydrogen (secondary N) is 2. The summed E-state index contributed by atoms with van der Waals surface area (Å²) in [4.78, 5) is 37.7. The molecule has 0 bridgehead atoms. The first-order valence-corrected chi connectivity index (χ1v) is 8.52.